The Hall–Kier alpha value is -3.67. The Kier molecular flexibility index (Phi) is 6.91. The van der Waals surface area contributed by atoms with Gasteiger partial charge in [-0.25, -0.2) is 9.97 Å². The number of nitrogens with zero attached hydrogens (tertiary/aromatic N) is 6. The molecular formula is C29H36ClN9O2. The van der Waals surface area contributed by atoms with Gasteiger partial charge in [-0.1, -0.05) is 23.8 Å². The molecule has 3 unspecified atom stereocenters. The minimum absolute atomic E-state index is 0.320. The standard InChI is InChI=1S/C29H36ClN9O2/c1-29(22(30)6-5-7-23(29)39-21-15-32-11-9-20(21)38(4)28(39)25(31)40)17-8-12-33-24(14-17)35-27(41)26-34-18-16-36(2)13-10-19(18)37(26)3/h5-8,12,14,23,28,32H,9-11,13,15-16H2,1-4H3,(H2,31,40)(H,33,35,41). The lowest BCUT2D eigenvalue weighted by Gasteiger charge is -2.47. The normalized spacial score (nSPS) is 26.1. The summed E-state index contributed by atoms with van der Waals surface area (Å²) in [5, 5.41) is 7.00. The van der Waals surface area contributed by atoms with Gasteiger partial charge >= 0.3 is 0 Å². The molecule has 3 aliphatic heterocycles. The third-order valence-electron chi connectivity index (χ3n) is 8.96. The van der Waals surface area contributed by atoms with Crippen LogP contribution in [0.5, 0.6) is 0 Å². The molecule has 12 heteroatoms. The summed E-state index contributed by atoms with van der Waals surface area (Å²) >= 11 is 7.01. The van der Waals surface area contributed by atoms with Gasteiger partial charge in [0, 0.05) is 81.4 Å². The molecule has 0 radical (unpaired) electrons. The molecule has 5 heterocycles. The monoisotopic (exact) mass is 577 g/mol. The average Bonchev–Trinajstić information content (AvgIpc) is 3.44. The summed E-state index contributed by atoms with van der Waals surface area (Å²) in [7, 11) is 5.85. The molecule has 216 valence electrons. The highest BCUT2D eigenvalue weighted by Crippen LogP contribution is 2.47. The van der Waals surface area contributed by atoms with Crippen molar-refractivity contribution in [2.75, 3.05) is 39.0 Å². The second-order valence-electron chi connectivity index (χ2n) is 11.4. The van der Waals surface area contributed by atoms with Gasteiger partial charge in [0.25, 0.3) is 11.8 Å². The van der Waals surface area contributed by atoms with Gasteiger partial charge < -0.3 is 35.6 Å². The number of hydrogen-bond acceptors (Lipinski definition) is 8. The molecule has 4 aliphatic rings. The molecule has 3 atom stereocenters. The zero-order valence-corrected chi connectivity index (χ0v) is 24.6. The van der Waals surface area contributed by atoms with Crippen LogP contribution in [0.1, 0.15) is 40.9 Å². The van der Waals surface area contributed by atoms with Gasteiger partial charge in [-0.15, -0.1) is 0 Å². The number of carbonyl (C=O) groups is 2. The van der Waals surface area contributed by atoms with Crippen LogP contribution in [0.3, 0.4) is 0 Å². The smallest absolute Gasteiger partial charge is 0.292 e. The first kappa shape index (κ1) is 27.5. The summed E-state index contributed by atoms with van der Waals surface area (Å²) in [6.07, 6.45) is 8.54. The van der Waals surface area contributed by atoms with Crippen LogP contribution in [-0.2, 0) is 30.2 Å². The number of rotatable bonds is 5. The highest BCUT2D eigenvalue weighted by atomic mass is 35.5. The summed E-state index contributed by atoms with van der Waals surface area (Å²) in [4.78, 5) is 41.6. The fourth-order valence-corrected chi connectivity index (χ4v) is 6.99. The van der Waals surface area contributed by atoms with Crippen LogP contribution in [0.25, 0.3) is 0 Å². The largest absolute Gasteiger partial charge is 0.366 e. The summed E-state index contributed by atoms with van der Waals surface area (Å²) in [5.41, 5.74) is 10.2. The summed E-state index contributed by atoms with van der Waals surface area (Å²) < 4.78 is 1.88. The van der Waals surface area contributed by atoms with Crippen molar-refractivity contribution in [3.05, 3.63) is 75.8 Å². The second kappa shape index (κ2) is 10.3. The molecule has 11 nitrogen and oxygen atoms in total. The predicted molar refractivity (Wildman–Crippen MR) is 157 cm³/mol. The third kappa shape index (κ3) is 4.43. The van der Waals surface area contributed by atoms with Crippen LogP contribution in [0, 0.1) is 0 Å². The van der Waals surface area contributed by atoms with Crippen LogP contribution < -0.4 is 16.4 Å². The molecular weight excluding hydrogens is 542 g/mol. The maximum absolute atomic E-state index is 13.4. The number of nitrogens with one attached hydrogen (secondary N) is 2. The number of imidazole rings is 1. The van der Waals surface area contributed by atoms with E-state index in [1.165, 1.54) is 0 Å². The first-order chi connectivity index (χ1) is 19.6. The van der Waals surface area contributed by atoms with Crippen molar-refractivity contribution in [3.8, 4) is 0 Å². The SMILES string of the molecule is CN1CCc2c(nc(C(=O)Nc3cc(C4(C)C(Cl)=CC=CC4N4C5=C(CCNC5)N(C)C4C(N)=O)ccn3)n2C)C1. The van der Waals surface area contributed by atoms with Crippen LogP contribution >= 0.6 is 11.6 Å². The Labute approximate surface area is 244 Å². The Morgan fingerprint density at radius 2 is 2.02 bits per heavy atom. The third-order valence-corrected chi connectivity index (χ3v) is 9.48. The highest BCUT2D eigenvalue weighted by molar-refractivity contribution is 6.31. The zero-order chi connectivity index (χ0) is 29.1. The minimum atomic E-state index is -0.764. The average molecular weight is 578 g/mol. The fraction of sp³-hybridized carbons (Fsp3) is 0.448. The number of amides is 2. The van der Waals surface area contributed by atoms with Crippen LogP contribution in [0.15, 0.2) is 53.0 Å². The molecule has 1 aliphatic carbocycles. The van der Waals surface area contributed by atoms with Crippen LogP contribution in [0.4, 0.5) is 5.82 Å². The number of anilines is 1. The molecule has 41 heavy (non-hydrogen) atoms. The predicted octanol–water partition coefficient (Wildman–Crippen LogP) is 1.64. The maximum atomic E-state index is 13.4. The van der Waals surface area contributed by atoms with E-state index in [0.29, 0.717) is 29.8 Å². The van der Waals surface area contributed by atoms with E-state index >= 15 is 0 Å². The molecule has 4 N–H and O–H groups in total. The van der Waals surface area contributed by atoms with E-state index in [9.17, 15) is 9.59 Å². The van der Waals surface area contributed by atoms with Crippen molar-refractivity contribution in [2.24, 2.45) is 12.8 Å². The Morgan fingerprint density at radius 3 is 2.80 bits per heavy atom. The summed E-state index contributed by atoms with van der Waals surface area (Å²) in [6, 6.07) is 3.43. The second-order valence-corrected chi connectivity index (χ2v) is 11.8. The molecule has 0 bridgehead atoms. The number of aromatic nitrogens is 3. The number of hydrogen-bond donors (Lipinski definition) is 3. The lowest BCUT2D eigenvalue weighted by atomic mass is 9.72. The number of nitrogens with two attached hydrogens (primary N) is 1. The number of carbonyl (C=O) groups excluding carboxylic acids is 2. The minimum Gasteiger partial charge on any atom is -0.366 e. The molecule has 2 aromatic heterocycles. The van der Waals surface area contributed by atoms with E-state index in [4.69, 9.17) is 17.3 Å². The number of primary amides is 1. The number of allylic oxidation sites excluding steroid dienone is 2. The highest BCUT2D eigenvalue weighted by Gasteiger charge is 2.50. The quantitative estimate of drug-likeness (QED) is 0.490. The first-order valence-corrected chi connectivity index (χ1v) is 14.3. The van der Waals surface area contributed by atoms with Gasteiger partial charge in [-0.3, -0.25) is 9.59 Å². The topological polar surface area (TPSA) is 125 Å². The molecule has 0 spiro atoms. The van der Waals surface area contributed by atoms with Crippen molar-refractivity contribution in [1.82, 2.24) is 34.6 Å². The van der Waals surface area contributed by atoms with E-state index in [1.54, 1.807) is 6.20 Å². The van der Waals surface area contributed by atoms with Crippen LogP contribution in [0.2, 0.25) is 0 Å². The van der Waals surface area contributed by atoms with Gasteiger partial charge in [0.2, 0.25) is 0 Å². The first-order valence-electron chi connectivity index (χ1n) is 13.9. The lowest BCUT2D eigenvalue weighted by Crippen LogP contribution is -2.58. The van der Waals surface area contributed by atoms with Gasteiger partial charge in [-0.05, 0) is 37.7 Å². The van der Waals surface area contributed by atoms with E-state index in [-0.39, 0.29) is 11.9 Å². The maximum Gasteiger partial charge on any atom is 0.292 e. The molecule has 2 amide bonds. The Balaban J connectivity index is 1.34. The molecule has 0 saturated heterocycles. The molecule has 0 saturated carbocycles. The van der Waals surface area contributed by atoms with Gasteiger partial charge in [0.1, 0.15) is 5.82 Å². The van der Waals surface area contributed by atoms with Gasteiger partial charge in [0.05, 0.1) is 17.2 Å². The fourth-order valence-electron chi connectivity index (χ4n) is 6.70. The molecule has 0 aromatic carbocycles. The Bertz CT molecular complexity index is 1510. The van der Waals surface area contributed by atoms with Gasteiger partial charge in [-0.2, -0.15) is 0 Å². The van der Waals surface area contributed by atoms with Crippen molar-refractivity contribution in [3.63, 3.8) is 0 Å². The molecule has 2 aromatic rings. The zero-order valence-electron chi connectivity index (χ0n) is 23.8. The van der Waals surface area contributed by atoms with E-state index < -0.39 is 17.5 Å². The van der Waals surface area contributed by atoms with E-state index in [1.807, 2.05) is 47.8 Å². The number of fused-ring (bicyclic) bond motifs is 1. The van der Waals surface area contributed by atoms with Crippen molar-refractivity contribution >= 4 is 29.2 Å². The molecule has 0 fully saturated rings. The van der Waals surface area contributed by atoms with E-state index in [2.05, 4.69) is 50.4 Å². The van der Waals surface area contributed by atoms with Crippen LogP contribution in [-0.4, -0.2) is 87.0 Å². The summed E-state index contributed by atoms with van der Waals surface area (Å²) in [6.45, 7) is 5.17. The Morgan fingerprint density at radius 1 is 1.22 bits per heavy atom. The number of pyridine rings is 1. The van der Waals surface area contributed by atoms with Crippen molar-refractivity contribution in [1.29, 1.82) is 0 Å². The summed E-state index contributed by atoms with van der Waals surface area (Å²) in [5.74, 6) is 0.0108. The van der Waals surface area contributed by atoms with Crippen molar-refractivity contribution < 1.29 is 9.59 Å². The lowest BCUT2D eigenvalue weighted by molar-refractivity contribution is -0.127. The van der Waals surface area contributed by atoms with Gasteiger partial charge in [0.15, 0.2) is 12.0 Å². The number of halogens is 1. The number of likely N-dealkylation sites (N-methyl/N-ethyl adjacent to an activating group) is 2. The van der Waals surface area contributed by atoms with E-state index in [0.717, 1.165) is 54.3 Å². The van der Waals surface area contributed by atoms with Crippen molar-refractivity contribution in [2.45, 2.75) is 43.9 Å². The molecule has 6 rings (SSSR count).